The molecule has 60 heavy (non-hydrogen) atoms. The highest BCUT2D eigenvalue weighted by atomic mass is 31.2. The van der Waals surface area contributed by atoms with Gasteiger partial charge in [0.25, 0.3) is 7.82 Å². The van der Waals surface area contributed by atoms with Crippen LogP contribution < -0.4 is 4.89 Å². The summed E-state index contributed by atoms with van der Waals surface area (Å²) in [5.41, 5.74) is 0. The Morgan fingerprint density at radius 3 is 1.45 bits per heavy atom. The number of quaternary nitrogens is 1. The van der Waals surface area contributed by atoms with E-state index in [1.165, 1.54) is 135 Å². The molecule has 8 nitrogen and oxygen atoms in total. The number of unbranched alkanes of at least 4 members (excludes halogenated alkanes) is 24. The van der Waals surface area contributed by atoms with Gasteiger partial charge in [0, 0.05) is 13.0 Å². The molecule has 0 amide bonds. The Bertz CT molecular complexity index is 1100. The third kappa shape index (κ3) is 47.5. The summed E-state index contributed by atoms with van der Waals surface area (Å²) in [6.07, 6.45) is 54.2. The summed E-state index contributed by atoms with van der Waals surface area (Å²) >= 11 is 0. The van der Waals surface area contributed by atoms with E-state index in [1.807, 2.05) is 21.1 Å². The smallest absolute Gasteiger partial charge is 0.306 e. The van der Waals surface area contributed by atoms with E-state index in [1.54, 1.807) is 0 Å². The number of phosphoric ester groups is 1. The zero-order chi connectivity index (χ0) is 44.1. The van der Waals surface area contributed by atoms with Crippen molar-refractivity contribution in [1.29, 1.82) is 0 Å². The average molecular weight is 866 g/mol. The van der Waals surface area contributed by atoms with Crippen LogP contribution in [0.25, 0.3) is 0 Å². The standard InChI is InChI=1S/C51H96NO7P/c1-6-8-10-12-14-16-18-20-21-22-23-24-25-26-27-28-29-30-31-32-33-35-37-39-41-43-46-56-48-50(49-58-60(54,55)57-47-45-52(3,4)5)59-51(53)44-42-40-38-36-34-19-17-15-13-11-9-7-2/h8,10,14,16,20-21,23-24,50H,6-7,9,11-13,15,17-19,22,25-49H2,1-5H3/b10-8-,16-14-,21-20-,24-23-. The normalized spacial score (nSPS) is 14.0. The zero-order valence-electron chi connectivity index (χ0n) is 39.9. The minimum absolute atomic E-state index is 0.0266. The monoisotopic (exact) mass is 866 g/mol. The fourth-order valence-corrected chi connectivity index (χ4v) is 7.56. The average Bonchev–Trinajstić information content (AvgIpc) is 3.20. The molecule has 0 aliphatic heterocycles. The number of allylic oxidation sites excluding steroid dienone is 8. The number of rotatable bonds is 46. The van der Waals surface area contributed by atoms with Gasteiger partial charge in [-0.15, -0.1) is 0 Å². The molecule has 0 N–H and O–H groups in total. The van der Waals surface area contributed by atoms with Crippen molar-refractivity contribution in [2.75, 3.05) is 54.1 Å². The lowest BCUT2D eigenvalue weighted by molar-refractivity contribution is -0.870. The summed E-state index contributed by atoms with van der Waals surface area (Å²) in [4.78, 5) is 25.1. The van der Waals surface area contributed by atoms with Crippen molar-refractivity contribution in [2.24, 2.45) is 0 Å². The Hall–Kier alpha value is -1.54. The molecule has 2 atom stereocenters. The molecule has 0 aliphatic carbocycles. The highest BCUT2D eigenvalue weighted by Crippen LogP contribution is 2.38. The summed E-state index contributed by atoms with van der Waals surface area (Å²) < 4.78 is 34.7. The van der Waals surface area contributed by atoms with Crippen LogP contribution in [0.5, 0.6) is 0 Å². The van der Waals surface area contributed by atoms with E-state index in [2.05, 4.69) is 62.5 Å². The minimum Gasteiger partial charge on any atom is -0.756 e. The van der Waals surface area contributed by atoms with Crippen molar-refractivity contribution < 1.29 is 37.3 Å². The second kappa shape index (κ2) is 44.1. The summed E-state index contributed by atoms with van der Waals surface area (Å²) in [7, 11) is 1.36. The zero-order valence-corrected chi connectivity index (χ0v) is 40.8. The molecular weight excluding hydrogens is 770 g/mol. The van der Waals surface area contributed by atoms with Crippen LogP contribution in [0.1, 0.15) is 213 Å². The van der Waals surface area contributed by atoms with E-state index in [0.29, 0.717) is 24.1 Å². The van der Waals surface area contributed by atoms with Crippen LogP contribution in [0.15, 0.2) is 48.6 Å². The molecule has 0 fully saturated rings. The van der Waals surface area contributed by atoms with Crippen LogP contribution in [0, 0.1) is 0 Å². The van der Waals surface area contributed by atoms with Crippen molar-refractivity contribution in [3.05, 3.63) is 48.6 Å². The van der Waals surface area contributed by atoms with Crippen molar-refractivity contribution >= 4 is 13.8 Å². The van der Waals surface area contributed by atoms with Crippen LogP contribution >= 0.6 is 7.82 Å². The van der Waals surface area contributed by atoms with Gasteiger partial charge >= 0.3 is 5.97 Å². The summed E-state index contributed by atoms with van der Waals surface area (Å²) in [5, 5.41) is 0. The molecule has 2 unspecified atom stereocenters. The van der Waals surface area contributed by atoms with Gasteiger partial charge in [-0.25, -0.2) is 0 Å². The number of hydrogen-bond acceptors (Lipinski definition) is 7. The first-order valence-electron chi connectivity index (χ1n) is 24.9. The number of phosphoric acid groups is 1. The first kappa shape index (κ1) is 58.5. The summed E-state index contributed by atoms with van der Waals surface area (Å²) in [5.74, 6) is -0.334. The molecule has 0 saturated carbocycles. The van der Waals surface area contributed by atoms with Gasteiger partial charge in [0.05, 0.1) is 34.4 Å². The highest BCUT2D eigenvalue weighted by molar-refractivity contribution is 7.45. The summed E-state index contributed by atoms with van der Waals surface area (Å²) in [6.45, 7) is 5.31. The van der Waals surface area contributed by atoms with Crippen molar-refractivity contribution in [3.8, 4) is 0 Å². The van der Waals surface area contributed by atoms with Gasteiger partial charge in [-0.05, 0) is 51.4 Å². The van der Waals surface area contributed by atoms with Gasteiger partial charge in [0.1, 0.15) is 19.3 Å². The number of hydrogen-bond donors (Lipinski definition) is 0. The van der Waals surface area contributed by atoms with Crippen molar-refractivity contribution in [3.63, 3.8) is 0 Å². The van der Waals surface area contributed by atoms with E-state index < -0.39 is 13.9 Å². The van der Waals surface area contributed by atoms with Crippen LogP contribution in [0.2, 0.25) is 0 Å². The van der Waals surface area contributed by atoms with E-state index in [0.717, 1.165) is 57.8 Å². The summed E-state index contributed by atoms with van der Waals surface area (Å²) in [6, 6.07) is 0. The molecule has 0 bridgehead atoms. The number of carbonyl (C=O) groups excluding carboxylic acids is 1. The number of ether oxygens (including phenoxy) is 2. The van der Waals surface area contributed by atoms with Crippen molar-refractivity contribution in [1.82, 2.24) is 0 Å². The molecule has 0 spiro atoms. The molecule has 0 aromatic heterocycles. The van der Waals surface area contributed by atoms with Gasteiger partial charge in [-0.2, -0.15) is 0 Å². The Morgan fingerprint density at radius 1 is 0.533 bits per heavy atom. The maximum atomic E-state index is 12.7. The molecule has 0 aliphatic rings. The van der Waals surface area contributed by atoms with Gasteiger partial charge in [0.15, 0.2) is 0 Å². The van der Waals surface area contributed by atoms with Crippen LogP contribution in [0.4, 0.5) is 0 Å². The molecule has 0 aromatic rings. The lowest BCUT2D eigenvalue weighted by Crippen LogP contribution is -2.37. The quantitative estimate of drug-likeness (QED) is 0.0198. The van der Waals surface area contributed by atoms with E-state index in [9.17, 15) is 14.3 Å². The Kier molecular flexibility index (Phi) is 43.0. The Balaban J connectivity index is 4.04. The molecule has 0 heterocycles. The van der Waals surface area contributed by atoms with Gasteiger partial charge in [0.2, 0.25) is 0 Å². The molecule has 0 saturated heterocycles. The Labute approximate surface area is 371 Å². The fraction of sp³-hybridized carbons (Fsp3) is 0.824. The van der Waals surface area contributed by atoms with Crippen LogP contribution in [-0.2, 0) is 27.9 Å². The minimum atomic E-state index is -4.52. The maximum Gasteiger partial charge on any atom is 0.306 e. The molecule has 0 aromatic carbocycles. The number of likely N-dealkylation sites (N-methyl/N-ethyl adjacent to an activating group) is 1. The Morgan fingerprint density at radius 2 is 0.967 bits per heavy atom. The van der Waals surface area contributed by atoms with E-state index in [-0.39, 0.29) is 25.8 Å². The molecule has 0 rings (SSSR count). The number of carbonyl (C=O) groups is 1. The second-order valence-corrected chi connectivity index (χ2v) is 19.2. The maximum absolute atomic E-state index is 12.7. The predicted molar refractivity (Wildman–Crippen MR) is 254 cm³/mol. The predicted octanol–water partition coefficient (Wildman–Crippen LogP) is 14.5. The molecular formula is C51H96NO7P. The van der Waals surface area contributed by atoms with E-state index in [4.69, 9.17) is 18.5 Å². The van der Waals surface area contributed by atoms with Gasteiger partial charge in [-0.3, -0.25) is 9.36 Å². The first-order valence-corrected chi connectivity index (χ1v) is 26.3. The third-order valence-corrected chi connectivity index (χ3v) is 11.6. The number of esters is 1. The topological polar surface area (TPSA) is 94.1 Å². The van der Waals surface area contributed by atoms with E-state index >= 15 is 0 Å². The largest absolute Gasteiger partial charge is 0.756 e. The van der Waals surface area contributed by atoms with Gasteiger partial charge < -0.3 is 27.9 Å². The lowest BCUT2D eigenvalue weighted by Gasteiger charge is -2.28. The number of nitrogens with zero attached hydrogens (tertiary/aromatic N) is 1. The van der Waals surface area contributed by atoms with Crippen LogP contribution in [-0.4, -0.2) is 70.7 Å². The molecule has 352 valence electrons. The van der Waals surface area contributed by atoms with Crippen LogP contribution in [0.3, 0.4) is 0 Å². The third-order valence-electron chi connectivity index (χ3n) is 10.6. The highest BCUT2D eigenvalue weighted by Gasteiger charge is 2.20. The second-order valence-electron chi connectivity index (χ2n) is 17.8. The fourth-order valence-electron chi connectivity index (χ4n) is 6.83. The van der Waals surface area contributed by atoms with Gasteiger partial charge in [-0.1, -0.05) is 204 Å². The molecule has 9 heteroatoms. The first-order chi connectivity index (χ1) is 29.1. The van der Waals surface area contributed by atoms with Crippen molar-refractivity contribution in [2.45, 2.75) is 219 Å². The molecule has 0 radical (unpaired) electrons. The SMILES string of the molecule is CC/C=C\C/C=C\C/C=C\C/C=C\CCCCCCCCCCCCCCCOCC(COP(=O)([O-])OCC[N+](C)(C)C)OC(=O)CCCCCCCCCCCCCC. The lowest BCUT2D eigenvalue weighted by atomic mass is 10.0.